The van der Waals surface area contributed by atoms with Gasteiger partial charge in [0, 0.05) is 12.3 Å². The maximum atomic E-state index is 11.1. The van der Waals surface area contributed by atoms with Crippen LogP contribution in [0.2, 0.25) is 0 Å². The molecular weight excluding hydrogens is 244 g/mol. The highest BCUT2D eigenvalue weighted by Crippen LogP contribution is 2.35. The average molecular weight is 264 g/mol. The van der Waals surface area contributed by atoms with Gasteiger partial charge in [-0.05, 0) is 6.92 Å². The van der Waals surface area contributed by atoms with Crippen molar-refractivity contribution in [2.24, 2.45) is 5.92 Å². The Bertz CT molecular complexity index is 308. The van der Waals surface area contributed by atoms with E-state index in [1.165, 1.54) is 6.92 Å². The lowest BCUT2D eigenvalue weighted by Gasteiger charge is -2.44. The molecule has 1 saturated heterocycles. The standard InChI is InChI=1S/C11H20O7/c1-5-6(13)3-11(2,10(16)17)18-9(5)8(15)7(14)4-12/h5-9,12-15H,3-4H2,1-2H3,(H,16,17). The smallest absolute Gasteiger partial charge is 0.335 e. The summed E-state index contributed by atoms with van der Waals surface area (Å²) < 4.78 is 5.32. The summed E-state index contributed by atoms with van der Waals surface area (Å²) >= 11 is 0. The fourth-order valence-corrected chi connectivity index (χ4v) is 2.11. The predicted molar refractivity (Wildman–Crippen MR) is 59.8 cm³/mol. The van der Waals surface area contributed by atoms with Crippen molar-refractivity contribution in [2.45, 2.75) is 50.3 Å². The zero-order valence-electron chi connectivity index (χ0n) is 10.4. The van der Waals surface area contributed by atoms with Gasteiger partial charge in [-0.2, -0.15) is 0 Å². The number of hydrogen-bond acceptors (Lipinski definition) is 6. The van der Waals surface area contributed by atoms with Gasteiger partial charge in [0.15, 0.2) is 5.60 Å². The molecule has 18 heavy (non-hydrogen) atoms. The number of carboxylic acid groups (broad SMARTS) is 1. The summed E-state index contributed by atoms with van der Waals surface area (Å²) in [5, 5.41) is 46.9. The van der Waals surface area contributed by atoms with Gasteiger partial charge in [0.1, 0.15) is 12.2 Å². The number of ether oxygens (including phenoxy) is 1. The minimum atomic E-state index is -1.62. The molecule has 1 heterocycles. The summed E-state index contributed by atoms with van der Waals surface area (Å²) in [5.41, 5.74) is -1.62. The van der Waals surface area contributed by atoms with Crippen LogP contribution in [0, 0.1) is 5.92 Å². The summed E-state index contributed by atoms with van der Waals surface area (Å²) in [6, 6.07) is 0. The van der Waals surface area contributed by atoms with E-state index >= 15 is 0 Å². The Labute approximate surface area is 105 Å². The molecule has 0 bridgehead atoms. The summed E-state index contributed by atoms with van der Waals surface area (Å²) in [7, 11) is 0. The maximum Gasteiger partial charge on any atom is 0.335 e. The van der Waals surface area contributed by atoms with Gasteiger partial charge >= 0.3 is 5.97 Å². The van der Waals surface area contributed by atoms with E-state index in [1.54, 1.807) is 6.92 Å². The minimum absolute atomic E-state index is 0.0953. The van der Waals surface area contributed by atoms with E-state index in [0.717, 1.165) is 0 Å². The molecule has 0 aromatic rings. The zero-order chi connectivity index (χ0) is 14.1. The van der Waals surface area contributed by atoms with Gasteiger partial charge in [-0.15, -0.1) is 0 Å². The first kappa shape index (κ1) is 15.3. The van der Waals surface area contributed by atoms with E-state index in [1.807, 2.05) is 0 Å². The molecule has 0 aromatic heterocycles. The van der Waals surface area contributed by atoms with Crippen molar-refractivity contribution in [1.29, 1.82) is 0 Å². The monoisotopic (exact) mass is 264 g/mol. The first-order chi connectivity index (χ1) is 8.23. The Hall–Kier alpha value is -0.730. The second-order valence-electron chi connectivity index (χ2n) is 4.99. The van der Waals surface area contributed by atoms with E-state index in [2.05, 4.69) is 0 Å². The van der Waals surface area contributed by atoms with Crippen LogP contribution < -0.4 is 0 Å². The van der Waals surface area contributed by atoms with Gasteiger partial charge in [0.2, 0.25) is 0 Å². The second-order valence-corrected chi connectivity index (χ2v) is 4.99. The molecule has 1 rings (SSSR count). The van der Waals surface area contributed by atoms with Gasteiger partial charge < -0.3 is 30.3 Å². The fourth-order valence-electron chi connectivity index (χ4n) is 2.11. The molecule has 106 valence electrons. The summed E-state index contributed by atoms with van der Waals surface area (Å²) in [6.45, 7) is 2.22. The molecule has 1 fully saturated rings. The lowest BCUT2D eigenvalue weighted by Crippen LogP contribution is -2.59. The van der Waals surface area contributed by atoms with Crippen LogP contribution >= 0.6 is 0 Å². The van der Waals surface area contributed by atoms with Crippen molar-refractivity contribution >= 4 is 5.97 Å². The van der Waals surface area contributed by atoms with E-state index < -0.39 is 48.5 Å². The molecule has 6 unspecified atom stereocenters. The zero-order valence-corrected chi connectivity index (χ0v) is 10.4. The van der Waals surface area contributed by atoms with Crippen molar-refractivity contribution in [3.05, 3.63) is 0 Å². The lowest BCUT2D eigenvalue weighted by molar-refractivity contribution is -0.232. The fraction of sp³-hybridized carbons (Fsp3) is 0.909. The Kier molecular flexibility index (Phi) is 4.68. The van der Waals surface area contributed by atoms with Crippen molar-refractivity contribution in [3.8, 4) is 0 Å². The Morgan fingerprint density at radius 2 is 2.06 bits per heavy atom. The van der Waals surface area contributed by atoms with Crippen LogP contribution in [-0.2, 0) is 9.53 Å². The molecule has 5 N–H and O–H groups in total. The first-order valence-corrected chi connectivity index (χ1v) is 5.79. The predicted octanol–water partition coefficient (Wildman–Crippen LogP) is -1.67. The van der Waals surface area contributed by atoms with Crippen LogP contribution in [0.3, 0.4) is 0 Å². The number of aliphatic hydroxyl groups excluding tert-OH is 4. The van der Waals surface area contributed by atoms with Crippen molar-refractivity contribution in [3.63, 3.8) is 0 Å². The normalized spacial score (nSPS) is 40.2. The summed E-state index contributed by atoms with van der Waals surface area (Å²) in [5.74, 6) is -1.79. The number of carbonyl (C=O) groups is 1. The number of aliphatic hydroxyl groups is 4. The van der Waals surface area contributed by atoms with E-state index in [-0.39, 0.29) is 6.42 Å². The molecule has 1 aliphatic rings. The number of rotatable bonds is 4. The Morgan fingerprint density at radius 3 is 2.50 bits per heavy atom. The highest BCUT2D eigenvalue weighted by molar-refractivity contribution is 5.77. The third-order valence-electron chi connectivity index (χ3n) is 3.49. The Balaban J connectivity index is 2.92. The Morgan fingerprint density at radius 1 is 1.50 bits per heavy atom. The number of aliphatic carboxylic acids is 1. The minimum Gasteiger partial charge on any atom is -0.479 e. The molecule has 0 aromatic carbocycles. The first-order valence-electron chi connectivity index (χ1n) is 5.79. The lowest BCUT2D eigenvalue weighted by atomic mass is 9.81. The summed E-state index contributed by atoms with van der Waals surface area (Å²) in [6.07, 6.45) is -5.02. The van der Waals surface area contributed by atoms with Crippen LogP contribution in [0.1, 0.15) is 20.3 Å². The van der Waals surface area contributed by atoms with Crippen LogP contribution in [0.4, 0.5) is 0 Å². The van der Waals surface area contributed by atoms with Crippen molar-refractivity contribution < 1.29 is 35.1 Å². The third-order valence-corrected chi connectivity index (χ3v) is 3.49. The molecule has 0 radical (unpaired) electrons. The molecule has 7 heteroatoms. The van der Waals surface area contributed by atoms with Crippen molar-refractivity contribution in [2.75, 3.05) is 6.61 Å². The molecule has 6 atom stereocenters. The molecule has 0 spiro atoms. The maximum absolute atomic E-state index is 11.1. The van der Waals surface area contributed by atoms with Gasteiger partial charge in [0.25, 0.3) is 0 Å². The topological polar surface area (TPSA) is 127 Å². The van der Waals surface area contributed by atoms with Gasteiger partial charge in [-0.1, -0.05) is 6.92 Å². The van der Waals surface area contributed by atoms with Crippen LogP contribution in [0.15, 0.2) is 0 Å². The molecule has 1 aliphatic heterocycles. The highest BCUT2D eigenvalue weighted by Gasteiger charge is 2.49. The number of hydrogen-bond donors (Lipinski definition) is 5. The van der Waals surface area contributed by atoms with Gasteiger partial charge in [0.05, 0.1) is 18.8 Å². The number of carboxylic acids is 1. The largest absolute Gasteiger partial charge is 0.479 e. The van der Waals surface area contributed by atoms with Crippen LogP contribution in [0.5, 0.6) is 0 Å². The molecule has 0 amide bonds. The molecule has 0 aliphatic carbocycles. The van der Waals surface area contributed by atoms with Crippen molar-refractivity contribution in [1.82, 2.24) is 0 Å². The average Bonchev–Trinajstić information content (AvgIpc) is 2.31. The van der Waals surface area contributed by atoms with Crippen LogP contribution in [0.25, 0.3) is 0 Å². The third kappa shape index (κ3) is 2.81. The van der Waals surface area contributed by atoms with E-state index in [9.17, 15) is 20.1 Å². The molecule has 0 saturated carbocycles. The second kappa shape index (κ2) is 5.50. The SMILES string of the molecule is CC1C(O)CC(C)(C(=O)O)OC1C(O)C(O)CO. The highest BCUT2D eigenvalue weighted by atomic mass is 16.6. The quantitative estimate of drug-likeness (QED) is 0.411. The summed E-state index contributed by atoms with van der Waals surface area (Å²) in [4.78, 5) is 11.1. The van der Waals surface area contributed by atoms with E-state index in [4.69, 9.17) is 14.9 Å². The van der Waals surface area contributed by atoms with Crippen LogP contribution in [-0.4, -0.2) is 68.1 Å². The van der Waals surface area contributed by atoms with Gasteiger partial charge in [-0.3, -0.25) is 0 Å². The van der Waals surface area contributed by atoms with Gasteiger partial charge in [-0.25, -0.2) is 4.79 Å². The molecular formula is C11H20O7. The van der Waals surface area contributed by atoms with E-state index in [0.29, 0.717) is 0 Å². The molecule has 7 nitrogen and oxygen atoms in total.